The molecule has 3 nitrogen and oxygen atoms in total. The number of aryl methyl sites for hydroxylation is 1. The fourth-order valence-corrected chi connectivity index (χ4v) is 1.92. The molecule has 1 N–H and O–H groups in total. The summed E-state index contributed by atoms with van der Waals surface area (Å²) >= 11 is 5.93. The van der Waals surface area contributed by atoms with E-state index in [1.807, 2.05) is 16.9 Å². The van der Waals surface area contributed by atoms with Crippen LogP contribution in [0.2, 0.25) is 5.02 Å². The van der Waals surface area contributed by atoms with Gasteiger partial charge in [-0.05, 0) is 36.7 Å². The Hall–Kier alpha value is -1.39. The van der Waals surface area contributed by atoms with E-state index in [-0.39, 0.29) is 5.82 Å². The van der Waals surface area contributed by atoms with Crippen LogP contribution in [0.3, 0.4) is 0 Å². The van der Waals surface area contributed by atoms with Gasteiger partial charge in [-0.3, -0.25) is 4.68 Å². The van der Waals surface area contributed by atoms with Crippen molar-refractivity contribution < 1.29 is 4.39 Å². The minimum Gasteiger partial charge on any atom is -0.313 e. The summed E-state index contributed by atoms with van der Waals surface area (Å²) in [7, 11) is 0. The summed E-state index contributed by atoms with van der Waals surface area (Å²) in [4.78, 5) is 0. The van der Waals surface area contributed by atoms with Crippen LogP contribution in [0.4, 0.5) is 4.39 Å². The number of hydrogen-bond acceptors (Lipinski definition) is 2. The van der Waals surface area contributed by atoms with Crippen molar-refractivity contribution in [2.45, 2.75) is 19.5 Å². The highest BCUT2D eigenvalue weighted by Gasteiger charge is 2.01. The Labute approximate surface area is 111 Å². The van der Waals surface area contributed by atoms with Crippen LogP contribution >= 0.6 is 11.6 Å². The maximum absolute atomic E-state index is 12.8. The van der Waals surface area contributed by atoms with Gasteiger partial charge in [0.25, 0.3) is 0 Å². The van der Waals surface area contributed by atoms with Crippen molar-refractivity contribution in [2.75, 3.05) is 6.54 Å². The summed E-state index contributed by atoms with van der Waals surface area (Å²) in [6, 6.07) is 6.37. The van der Waals surface area contributed by atoms with Crippen molar-refractivity contribution >= 4 is 11.6 Å². The summed E-state index contributed by atoms with van der Waals surface area (Å²) in [6.07, 6.45) is 4.70. The Kier molecular flexibility index (Phi) is 4.73. The second kappa shape index (κ2) is 6.52. The highest BCUT2D eigenvalue weighted by molar-refractivity contribution is 6.31. The minimum absolute atomic E-state index is 0.303. The van der Waals surface area contributed by atoms with Crippen molar-refractivity contribution in [1.29, 1.82) is 0 Å². The molecule has 2 aromatic rings. The Bertz CT molecular complexity index is 485. The second-order valence-electron chi connectivity index (χ2n) is 4.04. The molecule has 0 radical (unpaired) electrons. The third kappa shape index (κ3) is 3.82. The summed E-state index contributed by atoms with van der Waals surface area (Å²) in [5.74, 6) is -0.303. The average molecular weight is 268 g/mol. The molecule has 0 bridgehead atoms. The molecule has 0 fully saturated rings. The van der Waals surface area contributed by atoms with Gasteiger partial charge >= 0.3 is 0 Å². The number of halogens is 2. The highest BCUT2D eigenvalue weighted by atomic mass is 35.5. The van der Waals surface area contributed by atoms with Crippen molar-refractivity contribution in [1.82, 2.24) is 15.1 Å². The molecule has 5 heteroatoms. The first kappa shape index (κ1) is 13.1. The Morgan fingerprint density at radius 1 is 1.39 bits per heavy atom. The minimum atomic E-state index is -0.303. The topological polar surface area (TPSA) is 29.9 Å². The smallest absolute Gasteiger partial charge is 0.124 e. The van der Waals surface area contributed by atoms with Crippen LogP contribution in [0.15, 0.2) is 36.7 Å². The quantitative estimate of drug-likeness (QED) is 0.816. The number of hydrogen-bond donors (Lipinski definition) is 1. The molecule has 0 aliphatic rings. The zero-order valence-electron chi connectivity index (χ0n) is 9.94. The summed E-state index contributed by atoms with van der Waals surface area (Å²) in [5.41, 5.74) is 0.914. The van der Waals surface area contributed by atoms with Crippen molar-refractivity contribution in [3.63, 3.8) is 0 Å². The van der Waals surface area contributed by atoms with E-state index in [4.69, 9.17) is 11.6 Å². The van der Waals surface area contributed by atoms with Gasteiger partial charge in [-0.2, -0.15) is 5.10 Å². The van der Waals surface area contributed by atoms with Crippen LogP contribution in [0, 0.1) is 5.82 Å². The zero-order chi connectivity index (χ0) is 12.8. The SMILES string of the molecule is Fc1ccc(CNCCCn2cccn2)c(Cl)c1. The van der Waals surface area contributed by atoms with Gasteiger partial charge in [0.1, 0.15) is 5.82 Å². The zero-order valence-corrected chi connectivity index (χ0v) is 10.7. The first-order valence-electron chi connectivity index (χ1n) is 5.88. The van der Waals surface area contributed by atoms with Crippen molar-refractivity contribution in [2.24, 2.45) is 0 Å². The summed E-state index contributed by atoms with van der Waals surface area (Å²) in [6.45, 7) is 2.41. The lowest BCUT2D eigenvalue weighted by molar-refractivity contribution is 0.543. The molecule has 1 aromatic carbocycles. The van der Waals surface area contributed by atoms with Gasteiger partial charge in [0.05, 0.1) is 0 Å². The number of aromatic nitrogens is 2. The molecule has 0 unspecified atom stereocenters. The van der Waals surface area contributed by atoms with Gasteiger partial charge in [0, 0.05) is 30.5 Å². The van der Waals surface area contributed by atoms with Gasteiger partial charge in [0.15, 0.2) is 0 Å². The predicted molar refractivity (Wildman–Crippen MR) is 70.0 cm³/mol. The van der Waals surface area contributed by atoms with Gasteiger partial charge < -0.3 is 5.32 Å². The van der Waals surface area contributed by atoms with E-state index < -0.39 is 0 Å². The van der Waals surface area contributed by atoms with Crippen LogP contribution in [0.25, 0.3) is 0 Å². The third-order valence-corrected chi connectivity index (χ3v) is 2.98. The monoisotopic (exact) mass is 267 g/mol. The second-order valence-corrected chi connectivity index (χ2v) is 4.44. The molecular formula is C13H15ClFN3. The molecule has 2 rings (SSSR count). The van der Waals surface area contributed by atoms with Crippen LogP contribution < -0.4 is 5.32 Å². The molecule has 1 heterocycles. The third-order valence-electron chi connectivity index (χ3n) is 2.63. The Morgan fingerprint density at radius 2 is 2.28 bits per heavy atom. The van der Waals surface area contributed by atoms with Gasteiger partial charge in [-0.15, -0.1) is 0 Å². The average Bonchev–Trinajstić information content (AvgIpc) is 2.84. The first-order chi connectivity index (χ1) is 8.75. The molecule has 18 heavy (non-hydrogen) atoms. The predicted octanol–water partition coefficient (Wildman–Crippen LogP) is 2.86. The van der Waals surface area contributed by atoms with E-state index >= 15 is 0 Å². The normalized spacial score (nSPS) is 10.8. The van der Waals surface area contributed by atoms with Crippen LogP contribution in [-0.4, -0.2) is 16.3 Å². The van der Waals surface area contributed by atoms with E-state index in [0.29, 0.717) is 11.6 Å². The fourth-order valence-electron chi connectivity index (χ4n) is 1.69. The van der Waals surface area contributed by atoms with Crippen molar-refractivity contribution in [3.8, 4) is 0 Å². The van der Waals surface area contributed by atoms with E-state index in [9.17, 15) is 4.39 Å². The van der Waals surface area contributed by atoms with Gasteiger partial charge in [-0.25, -0.2) is 4.39 Å². The molecule has 0 aliphatic carbocycles. The standard InChI is InChI=1S/C13H15ClFN3/c14-13-9-12(15)4-3-11(13)10-16-5-1-7-18-8-2-6-17-18/h2-4,6,8-9,16H,1,5,7,10H2. The lowest BCUT2D eigenvalue weighted by atomic mass is 10.2. The molecule has 0 saturated heterocycles. The maximum atomic E-state index is 12.8. The molecule has 0 spiro atoms. The summed E-state index contributed by atoms with van der Waals surface area (Å²) in [5, 5.41) is 7.87. The Morgan fingerprint density at radius 3 is 3.00 bits per heavy atom. The first-order valence-corrected chi connectivity index (χ1v) is 6.25. The molecule has 1 aromatic heterocycles. The maximum Gasteiger partial charge on any atom is 0.124 e. The fraction of sp³-hybridized carbons (Fsp3) is 0.308. The molecule has 0 atom stereocenters. The van der Waals surface area contributed by atoms with Crippen LogP contribution in [-0.2, 0) is 13.1 Å². The van der Waals surface area contributed by atoms with E-state index in [1.54, 1.807) is 12.3 Å². The lowest BCUT2D eigenvalue weighted by Crippen LogP contribution is -2.17. The number of benzene rings is 1. The molecule has 0 aliphatic heterocycles. The number of nitrogens with zero attached hydrogens (tertiary/aromatic N) is 2. The van der Waals surface area contributed by atoms with Crippen molar-refractivity contribution in [3.05, 3.63) is 53.1 Å². The van der Waals surface area contributed by atoms with E-state index in [1.165, 1.54) is 12.1 Å². The molecule has 96 valence electrons. The van der Waals surface area contributed by atoms with Gasteiger partial charge in [-0.1, -0.05) is 17.7 Å². The molecular weight excluding hydrogens is 253 g/mol. The number of rotatable bonds is 6. The summed E-state index contributed by atoms with van der Waals surface area (Å²) < 4.78 is 14.7. The highest BCUT2D eigenvalue weighted by Crippen LogP contribution is 2.16. The van der Waals surface area contributed by atoms with Crippen LogP contribution in [0.5, 0.6) is 0 Å². The number of nitrogens with one attached hydrogen (secondary N) is 1. The lowest BCUT2D eigenvalue weighted by Gasteiger charge is -2.07. The Balaban J connectivity index is 1.69. The molecule has 0 amide bonds. The molecule has 0 saturated carbocycles. The largest absolute Gasteiger partial charge is 0.313 e. The van der Waals surface area contributed by atoms with E-state index in [2.05, 4.69) is 10.4 Å². The van der Waals surface area contributed by atoms with Crippen LogP contribution in [0.1, 0.15) is 12.0 Å². The van der Waals surface area contributed by atoms with E-state index in [0.717, 1.165) is 25.1 Å². The van der Waals surface area contributed by atoms with Gasteiger partial charge in [0.2, 0.25) is 0 Å².